The first kappa shape index (κ1) is 4.91. The van der Waals surface area contributed by atoms with Gasteiger partial charge in [0.25, 0.3) is 0 Å². The summed E-state index contributed by atoms with van der Waals surface area (Å²) in [7, 11) is 0. The van der Waals surface area contributed by atoms with Gasteiger partial charge >= 0.3 is 0 Å². The molecule has 9 heavy (non-hydrogen) atoms. The van der Waals surface area contributed by atoms with Crippen LogP contribution in [0.4, 0.5) is 0 Å². The Morgan fingerprint density at radius 3 is 2.78 bits per heavy atom. The second-order valence-electron chi connectivity index (χ2n) is 2.67. The zero-order chi connectivity index (χ0) is 6.27. The highest BCUT2D eigenvalue weighted by atomic mass is 15.3. The Bertz CT molecular complexity index is 210. The summed E-state index contributed by atoms with van der Waals surface area (Å²) >= 11 is 0. The average Bonchev–Trinajstić information content (AvgIpc) is 2.58. The van der Waals surface area contributed by atoms with E-state index >= 15 is 0 Å². The van der Waals surface area contributed by atoms with Crippen molar-refractivity contribution in [1.82, 2.24) is 4.68 Å². The quantitative estimate of drug-likeness (QED) is 0.555. The number of nitrogen functional groups attached to an aromatic ring is 1. The summed E-state index contributed by atoms with van der Waals surface area (Å²) in [6.07, 6.45) is 6.60. The van der Waals surface area contributed by atoms with E-state index in [9.17, 15) is 0 Å². The molecule has 0 saturated heterocycles. The van der Waals surface area contributed by atoms with Crippen LogP contribution in [0.5, 0.6) is 0 Å². The van der Waals surface area contributed by atoms with Gasteiger partial charge in [-0.1, -0.05) is 0 Å². The van der Waals surface area contributed by atoms with E-state index in [0.717, 1.165) is 5.92 Å². The van der Waals surface area contributed by atoms with E-state index < -0.39 is 0 Å². The maximum atomic E-state index is 5.46. The minimum absolute atomic E-state index is 0.829. The zero-order valence-corrected chi connectivity index (χ0v) is 5.25. The van der Waals surface area contributed by atoms with Crippen LogP contribution in [0.15, 0.2) is 18.5 Å². The largest absolute Gasteiger partial charge is 0.340 e. The summed E-state index contributed by atoms with van der Waals surface area (Å²) in [4.78, 5) is 0. The fourth-order valence-corrected chi connectivity index (χ4v) is 1.09. The lowest BCUT2D eigenvalue weighted by atomic mass is 10.2. The van der Waals surface area contributed by atoms with Crippen molar-refractivity contribution in [3.05, 3.63) is 24.0 Å². The molecular formula is C7H10N2. The lowest BCUT2D eigenvalue weighted by Gasteiger charge is -1.87. The number of hydrogen-bond acceptors (Lipinski definition) is 1. The van der Waals surface area contributed by atoms with Gasteiger partial charge in [0.05, 0.1) is 0 Å². The smallest absolute Gasteiger partial charge is 0.0290 e. The Kier molecular flexibility index (Phi) is 0.835. The molecule has 1 aliphatic carbocycles. The van der Waals surface area contributed by atoms with E-state index in [1.165, 1.54) is 18.4 Å². The first-order chi connectivity index (χ1) is 4.36. The van der Waals surface area contributed by atoms with Crippen molar-refractivity contribution in [2.45, 2.75) is 18.8 Å². The van der Waals surface area contributed by atoms with Gasteiger partial charge < -0.3 is 5.84 Å². The molecule has 0 unspecified atom stereocenters. The van der Waals surface area contributed by atoms with Crippen LogP contribution in [0.2, 0.25) is 0 Å². The maximum Gasteiger partial charge on any atom is 0.0290 e. The fraction of sp³-hybridized carbons (Fsp3) is 0.429. The second-order valence-corrected chi connectivity index (χ2v) is 2.67. The summed E-state index contributed by atoms with van der Waals surface area (Å²) in [6.45, 7) is 0. The molecule has 0 bridgehead atoms. The van der Waals surface area contributed by atoms with Gasteiger partial charge in [0.1, 0.15) is 0 Å². The van der Waals surface area contributed by atoms with Gasteiger partial charge in [-0.25, -0.2) is 0 Å². The Morgan fingerprint density at radius 1 is 1.56 bits per heavy atom. The van der Waals surface area contributed by atoms with Crippen LogP contribution in [0.25, 0.3) is 0 Å². The molecule has 1 aliphatic rings. The molecule has 1 heterocycles. The summed E-state index contributed by atoms with van der Waals surface area (Å²) in [5, 5.41) is 0. The first-order valence-electron chi connectivity index (χ1n) is 3.29. The third-order valence-electron chi connectivity index (χ3n) is 1.79. The van der Waals surface area contributed by atoms with Crippen molar-refractivity contribution in [1.29, 1.82) is 0 Å². The Balaban J connectivity index is 2.28. The van der Waals surface area contributed by atoms with Crippen molar-refractivity contribution in [3.8, 4) is 0 Å². The van der Waals surface area contributed by atoms with Crippen molar-refractivity contribution < 1.29 is 0 Å². The molecule has 2 heteroatoms. The molecule has 0 aliphatic heterocycles. The molecule has 0 atom stereocenters. The number of nitrogens with two attached hydrogens (primary N) is 1. The predicted molar refractivity (Wildman–Crippen MR) is 36.6 cm³/mol. The molecule has 2 N–H and O–H groups in total. The molecule has 48 valence electrons. The SMILES string of the molecule is Nn1ccc(C2CC2)c1. The highest BCUT2D eigenvalue weighted by molar-refractivity contribution is 5.20. The summed E-state index contributed by atoms with van der Waals surface area (Å²) in [5.74, 6) is 6.29. The lowest BCUT2D eigenvalue weighted by Crippen LogP contribution is -2.02. The van der Waals surface area contributed by atoms with Gasteiger partial charge in [-0.05, 0) is 30.4 Å². The number of rotatable bonds is 1. The molecule has 0 spiro atoms. The molecule has 0 amide bonds. The Labute approximate surface area is 54.2 Å². The number of aromatic nitrogens is 1. The zero-order valence-electron chi connectivity index (χ0n) is 5.25. The van der Waals surface area contributed by atoms with Gasteiger partial charge in [-0.3, -0.25) is 4.68 Å². The predicted octanol–water partition coefficient (Wildman–Crippen LogP) is 1.08. The van der Waals surface area contributed by atoms with Crippen molar-refractivity contribution in [3.63, 3.8) is 0 Å². The van der Waals surface area contributed by atoms with Gasteiger partial charge in [0, 0.05) is 12.4 Å². The van der Waals surface area contributed by atoms with Crippen molar-refractivity contribution in [2.75, 3.05) is 5.84 Å². The minimum Gasteiger partial charge on any atom is -0.340 e. The molecule has 1 aromatic heterocycles. The molecule has 0 aromatic carbocycles. The summed E-state index contributed by atoms with van der Waals surface area (Å²) in [6, 6.07) is 2.09. The van der Waals surface area contributed by atoms with E-state index in [1.807, 2.05) is 12.4 Å². The van der Waals surface area contributed by atoms with E-state index in [4.69, 9.17) is 5.84 Å². The second kappa shape index (κ2) is 1.53. The van der Waals surface area contributed by atoms with Gasteiger partial charge in [0.15, 0.2) is 0 Å². The first-order valence-corrected chi connectivity index (χ1v) is 3.29. The third kappa shape index (κ3) is 0.803. The van der Waals surface area contributed by atoms with Gasteiger partial charge in [-0.2, -0.15) is 0 Å². The lowest BCUT2D eigenvalue weighted by molar-refractivity contribution is 1.00. The summed E-state index contributed by atoms with van der Waals surface area (Å²) < 4.78 is 1.62. The molecule has 2 nitrogen and oxygen atoms in total. The van der Waals surface area contributed by atoms with Crippen LogP contribution in [0.3, 0.4) is 0 Å². The van der Waals surface area contributed by atoms with Crippen LogP contribution < -0.4 is 5.84 Å². The summed E-state index contributed by atoms with van der Waals surface area (Å²) in [5.41, 5.74) is 1.40. The Morgan fingerprint density at radius 2 is 2.33 bits per heavy atom. The molecule has 1 saturated carbocycles. The van der Waals surface area contributed by atoms with Crippen molar-refractivity contribution >= 4 is 0 Å². The fourth-order valence-electron chi connectivity index (χ4n) is 1.09. The van der Waals surface area contributed by atoms with Crippen LogP contribution >= 0.6 is 0 Å². The minimum atomic E-state index is 0.829. The van der Waals surface area contributed by atoms with Gasteiger partial charge in [0.2, 0.25) is 0 Å². The van der Waals surface area contributed by atoms with Crippen LogP contribution in [0, 0.1) is 0 Å². The van der Waals surface area contributed by atoms with Crippen LogP contribution in [-0.2, 0) is 0 Å². The number of hydrogen-bond donors (Lipinski definition) is 1. The average molecular weight is 122 g/mol. The standard InChI is InChI=1S/C7H10N2/c8-9-4-3-7(5-9)6-1-2-6/h3-6H,1-2,8H2. The van der Waals surface area contributed by atoms with E-state index in [-0.39, 0.29) is 0 Å². The highest BCUT2D eigenvalue weighted by Gasteiger charge is 2.23. The van der Waals surface area contributed by atoms with E-state index in [2.05, 4.69) is 6.07 Å². The monoisotopic (exact) mass is 122 g/mol. The molecule has 1 fully saturated rings. The van der Waals surface area contributed by atoms with Gasteiger partial charge in [-0.15, -0.1) is 0 Å². The third-order valence-corrected chi connectivity index (χ3v) is 1.79. The molecule has 0 radical (unpaired) electrons. The normalized spacial score (nSPS) is 18.2. The molecular weight excluding hydrogens is 112 g/mol. The van der Waals surface area contributed by atoms with E-state index in [1.54, 1.807) is 4.68 Å². The van der Waals surface area contributed by atoms with Crippen molar-refractivity contribution in [2.24, 2.45) is 0 Å². The molecule has 1 aromatic rings. The number of nitrogens with zero attached hydrogens (tertiary/aromatic N) is 1. The topological polar surface area (TPSA) is 30.9 Å². The maximum absolute atomic E-state index is 5.46. The van der Waals surface area contributed by atoms with Crippen LogP contribution in [-0.4, -0.2) is 4.68 Å². The Hall–Kier alpha value is -0.920. The highest BCUT2D eigenvalue weighted by Crippen LogP contribution is 2.39. The van der Waals surface area contributed by atoms with E-state index in [0.29, 0.717) is 0 Å². The molecule has 2 rings (SSSR count). The van der Waals surface area contributed by atoms with Crippen LogP contribution in [0.1, 0.15) is 24.3 Å².